The fraction of sp³-hybridized carbons (Fsp3) is 0.200. The molecular weight excluding hydrogens is 295 g/mol. The van der Waals surface area contributed by atoms with Crippen molar-refractivity contribution in [2.75, 3.05) is 12.4 Å². The summed E-state index contributed by atoms with van der Waals surface area (Å²) in [4.78, 5) is 16.3. The maximum Gasteiger partial charge on any atom is 0.255 e. The van der Waals surface area contributed by atoms with E-state index in [4.69, 9.17) is 16.3 Å². The molecule has 0 unspecified atom stereocenters. The van der Waals surface area contributed by atoms with Crippen LogP contribution in [-0.2, 0) is 6.42 Å². The lowest BCUT2D eigenvalue weighted by molar-refractivity contribution is 0.102. The van der Waals surface area contributed by atoms with E-state index < -0.39 is 5.82 Å². The average molecular weight is 309 g/mol. The zero-order chi connectivity index (χ0) is 15.4. The summed E-state index contributed by atoms with van der Waals surface area (Å²) in [7, 11) is 1.36. The molecule has 0 spiro atoms. The lowest BCUT2D eigenvalue weighted by Gasteiger charge is -2.09. The summed E-state index contributed by atoms with van der Waals surface area (Å²) >= 11 is 5.88. The van der Waals surface area contributed by atoms with Crippen LogP contribution >= 0.6 is 11.6 Å². The monoisotopic (exact) mass is 308 g/mol. The number of methoxy groups -OCH3 is 1. The molecule has 1 heterocycles. The molecule has 1 aromatic heterocycles. The number of amides is 1. The molecule has 6 heteroatoms. The number of ether oxygens (including phenoxy) is 1. The van der Waals surface area contributed by atoms with Crippen molar-refractivity contribution in [1.29, 1.82) is 0 Å². The molecule has 0 saturated heterocycles. The molecule has 0 aliphatic rings. The maximum absolute atomic E-state index is 13.3. The van der Waals surface area contributed by atoms with E-state index in [-0.39, 0.29) is 16.8 Å². The molecule has 1 amide bonds. The third-order valence-electron chi connectivity index (χ3n) is 2.88. The number of hydrogen-bond donors (Lipinski definition) is 1. The summed E-state index contributed by atoms with van der Waals surface area (Å²) in [5.74, 6) is -0.770. The van der Waals surface area contributed by atoms with Gasteiger partial charge >= 0.3 is 0 Å². The van der Waals surface area contributed by atoms with Crippen LogP contribution < -0.4 is 10.1 Å². The van der Waals surface area contributed by atoms with E-state index in [9.17, 15) is 9.18 Å². The van der Waals surface area contributed by atoms with Gasteiger partial charge in [-0.15, -0.1) is 0 Å². The zero-order valence-electron chi connectivity index (χ0n) is 11.6. The van der Waals surface area contributed by atoms with Crippen LogP contribution in [0.2, 0.25) is 5.15 Å². The van der Waals surface area contributed by atoms with Crippen LogP contribution in [0.4, 0.5) is 10.1 Å². The van der Waals surface area contributed by atoms with Gasteiger partial charge in [-0.05, 0) is 30.7 Å². The Bertz CT molecular complexity index is 677. The predicted octanol–water partition coefficient (Wildman–Crippen LogP) is 3.70. The second-order valence-electron chi connectivity index (χ2n) is 4.33. The number of aromatic nitrogens is 1. The van der Waals surface area contributed by atoms with Crippen molar-refractivity contribution in [1.82, 2.24) is 4.98 Å². The van der Waals surface area contributed by atoms with E-state index in [0.29, 0.717) is 17.7 Å². The molecule has 1 aromatic carbocycles. The van der Waals surface area contributed by atoms with Gasteiger partial charge in [-0.1, -0.05) is 18.5 Å². The van der Waals surface area contributed by atoms with E-state index >= 15 is 0 Å². The highest BCUT2D eigenvalue weighted by Gasteiger charge is 2.11. The number of hydrogen-bond acceptors (Lipinski definition) is 3. The van der Waals surface area contributed by atoms with Crippen molar-refractivity contribution >= 4 is 23.2 Å². The smallest absolute Gasteiger partial charge is 0.255 e. The molecule has 21 heavy (non-hydrogen) atoms. The molecule has 1 N–H and O–H groups in total. The second kappa shape index (κ2) is 6.54. The first kappa shape index (κ1) is 15.3. The van der Waals surface area contributed by atoms with E-state index in [0.717, 1.165) is 5.69 Å². The van der Waals surface area contributed by atoms with Crippen LogP contribution in [0.5, 0.6) is 5.75 Å². The second-order valence-corrected chi connectivity index (χ2v) is 4.71. The first-order chi connectivity index (χ1) is 10.0. The van der Waals surface area contributed by atoms with Crippen molar-refractivity contribution in [2.24, 2.45) is 0 Å². The standard InChI is InChI=1S/C15H14ClFN2O2/c1-3-10-6-9(7-14(16)18-10)15(20)19-11-4-5-12(17)13(8-11)21-2/h4-8H,3H2,1-2H3,(H,19,20). The molecule has 0 bridgehead atoms. The average Bonchev–Trinajstić information content (AvgIpc) is 2.48. The van der Waals surface area contributed by atoms with Crippen LogP contribution in [0.3, 0.4) is 0 Å². The Labute approximate surface area is 126 Å². The van der Waals surface area contributed by atoms with Crippen molar-refractivity contribution in [3.05, 3.63) is 52.6 Å². The van der Waals surface area contributed by atoms with E-state index in [2.05, 4.69) is 10.3 Å². The Morgan fingerprint density at radius 3 is 2.81 bits per heavy atom. The largest absolute Gasteiger partial charge is 0.494 e. The minimum atomic E-state index is -0.490. The predicted molar refractivity (Wildman–Crippen MR) is 79.5 cm³/mol. The Hall–Kier alpha value is -2.14. The van der Waals surface area contributed by atoms with Gasteiger partial charge < -0.3 is 10.1 Å². The van der Waals surface area contributed by atoms with E-state index in [1.54, 1.807) is 6.07 Å². The Balaban J connectivity index is 2.23. The number of benzene rings is 1. The summed E-state index contributed by atoms with van der Waals surface area (Å²) in [5, 5.41) is 2.93. The number of aryl methyl sites for hydroxylation is 1. The van der Waals surface area contributed by atoms with Gasteiger partial charge in [-0.25, -0.2) is 9.37 Å². The summed E-state index contributed by atoms with van der Waals surface area (Å²) < 4.78 is 18.2. The lowest BCUT2D eigenvalue weighted by atomic mass is 10.2. The minimum absolute atomic E-state index is 0.0646. The number of nitrogens with zero attached hydrogens (tertiary/aromatic N) is 1. The molecule has 4 nitrogen and oxygen atoms in total. The number of rotatable bonds is 4. The van der Waals surface area contributed by atoms with E-state index in [1.165, 1.54) is 31.4 Å². The minimum Gasteiger partial charge on any atom is -0.494 e. The number of pyridine rings is 1. The van der Waals surface area contributed by atoms with Gasteiger partial charge in [0.2, 0.25) is 0 Å². The molecule has 0 radical (unpaired) electrons. The normalized spacial score (nSPS) is 10.3. The number of carbonyl (C=O) groups is 1. The molecule has 2 rings (SSSR count). The number of halogens is 2. The number of carbonyl (C=O) groups excluding carboxylic acids is 1. The number of nitrogens with one attached hydrogen (secondary N) is 1. The zero-order valence-corrected chi connectivity index (χ0v) is 12.4. The molecule has 0 fully saturated rings. The summed E-state index contributed by atoms with van der Waals surface area (Å²) in [6.45, 7) is 1.92. The lowest BCUT2D eigenvalue weighted by Crippen LogP contribution is -2.13. The van der Waals surface area contributed by atoms with Crippen molar-refractivity contribution in [3.63, 3.8) is 0 Å². The Kier molecular flexibility index (Phi) is 4.75. The molecule has 0 saturated carbocycles. The number of anilines is 1. The highest BCUT2D eigenvalue weighted by molar-refractivity contribution is 6.29. The highest BCUT2D eigenvalue weighted by Crippen LogP contribution is 2.22. The van der Waals surface area contributed by atoms with Gasteiger partial charge in [0.25, 0.3) is 5.91 Å². The van der Waals surface area contributed by atoms with Gasteiger partial charge in [0.05, 0.1) is 7.11 Å². The van der Waals surface area contributed by atoms with Gasteiger partial charge in [0, 0.05) is 23.0 Å². The third kappa shape index (κ3) is 3.70. The molecule has 110 valence electrons. The molecule has 0 atom stereocenters. The molecular formula is C15H14ClFN2O2. The van der Waals surface area contributed by atoms with Crippen LogP contribution in [0.15, 0.2) is 30.3 Å². The maximum atomic E-state index is 13.3. The molecule has 0 aliphatic heterocycles. The topological polar surface area (TPSA) is 51.2 Å². The van der Waals surface area contributed by atoms with Crippen LogP contribution in [0, 0.1) is 5.82 Å². The first-order valence-electron chi connectivity index (χ1n) is 6.35. The summed E-state index contributed by atoms with van der Waals surface area (Å²) in [6.07, 6.45) is 0.672. The third-order valence-corrected chi connectivity index (χ3v) is 3.07. The van der Waals surface area contributed by atoms with Crippen LogP contribution in [0.25, 0.3) is 0 Å². The van der Waals surface area contributed by atoms with Gasteiger partial charge in [0.1, 0.15) is 5.15 Å². The van der Waals surface area contributed by atoms with Gasteiger partial charge in [0.15, 0.2) is 11.6 Å². The first-order valence-corrected chi connectivity index (χ1v) is 6.72. The molecule has 2 aromatic rings. The van der Waals surface area contributed by atoms with Crippen molar-refractivity contribution < 1.29 is 13.9 Å². The Morgan fingerprint density at radius 1 is 1.38 bits per heavy atom. The quantitative estimate of drug-likeness (QED) is 0.876. The Morgan fingerprint density at radius 2 is 2.14 bits per heavy atom. The van der Waals surface area contributed by atoms with Crippen LogP contribution in [0.1, 0.15) is 23.0 Å². The fourth-order valence-corrected chi connectivity index (χ4v) is 2.03. The van der Waals surface area contributed by atoms with Crippen LogP contribution in [-0.4, -0.2) is 18.0 Å². The molecule has 0 aliphatic carbocycles. The highest BCUT2D eigenvalue weighted by atomic mass is 35.5. The SMILES string of the molecule is CCc1cc(C(=O)Nc2ccc(F)c(OC)c2)cc(Cl)n1. The summed E-state index contributed by atoms with van der Waals surface area (Å²) in [5.41, 5.74) is 1.56. The van der Waals surface area contributed by atoms with Crippen molar-refractivity contribution in [3.8, 4) is 5.75 Å². The fourth-order valence-electron chi connectivity index (χ4n) is 1.80. The van der Waals surface area contributed by atoms with Gasteiger partial charge in [-0.2, -0.15) is 0 Å². The summed E-state index contributed by atoms with van der Waals surface area (Å²) in [6, 6.07) is 7.25. The van der Waals surface area contributed by atoms with E-state index in [1.807, 2.05) is 6.92 Å². The van der Waals surface area contributed by atoms with Crippen molar-refractivity contribution in [2.45, 2.75) is 13.3 Å². The van der Waals surface area contributed by atoms with Gasteiger partial charge in [-0.3, -0.25) is 4.79 Å².